The summed E-state index contributed by atoms with van der Waals surface area (Å²) in [5.74, 6) is 0.179. The van der Waals surface area contributed by atoms with Crippen molar-refractivity contribution in [1.29, 1.82) is 0 Å². The largest absolute Gasteiger partial charge is 0.497 e. The van der Waals surface area contributed by atoms with Crippen molar-refractivity contribution in [3.63, 3.8) is 0 Å². The zero-order valence-corrected chi connectivity index (χ0v) is 16.8. The molecule has 0 bridgehead atoms. The van der Waals surface area contributed by atoms with E-state index in [0.717, 1.165) is 22.2 Å². The Labute approximate surface area is 172 Å². The third-order valence-corrected chi connectivity index (χ3v) is 5.15. The van der Waals surface area contributed by atoms with Gasteiger partial charge in [0.1, 0.15) is 11.5 Å². The monoisotopic (exact) mass is 412 g/mol. The van der Waals surface area contributed by atoms with Crippen molar-refractivity contribution in [3.05, 3.63) is 64.6 Å². The highest BCUT2D eigenvalue weighted by atomic mass is 32.2. The summed E-state index contributed by atoms with van der Waals surface area (Å²) in [5.41, 5.74) is 1.15. The van der Waals surface area contributed by atoms with Crippen LogP contribution < -0.4 is 14.8 Å². The average Bonchev–Trinajstić information content (AvgIpc) is 3.01. The fourth-order valence-electron chi connectivity index (χ4n) is 2.76. The third-order valence-electron chi connectivity index (χ3n) is 4.24. The summed E-state index contributed by atoms with van der Waals surface area (Å²) in [6.45, 7) is 0.199. The molecule has 150 valence electrons. The van der Waals surface area contributed by atoms with Crippen molar-refractivity contribution in [3.8, 4) is 11.5 Å². The lowest BCUT2D eigenvalue weighted by atomic mass is 10.1. The second-order valence-corrected chi connectivity index (χ2v) is 7.06. The maximum absolute atomic E-state index is 12.5. The first-order valence-electron chi connectivity index (χ1n) is 8.84. The van der Waals surface area contributed by atoms with E-state index >= 15 is 0 Å². The molecule has 1 fully saturated rings. The molecule has 0 saturated carbocycles. The van der Waals surface area contributed by atoms with Crippen molar-refractivity contribution in [2.75, 3.05) is 27.3 Å². The van der Waals surface area contributed by atoms with Gasteiger partial charge in [0, 0.05) is 13.1 Å². The van der Waals surface area contributed by atoms with Crippen molar-refractivity contribution in [2.24, 2.45) is 0 Å². The van der Waals surface area contributed by atoms with E-state index in [1.807, 2.05) is 30.3 Å². The van der Waals surface area contributed by atoms with E-state index in [4.69, 9.17) is 9.47 Å². The van der Waals surface area contributed by atoms with Gasteiger partial charge >= 0.3 is 0 Å². The first-order valence-corrected chi connectivity index (χ1v) is 9.65. The Morgan fingerprint density at radius 3 is 2.55 bits per heavy atom. The number of hydrogen-bond donors (Lipinski definition) is 1. The van der Waals surface area contributed by atoms with E-state index in [2.05, 4.69) is 5.32 Å². The van der Waals surface area contributed by atoms with Gasteiger partial charge in [0.2, 0.25) is 0 Å². The molecule has 1 N–H and O–H groups in total. The predicted octanol–water partition coefficient (Wildman–Crippen LogP) is 3.17. The number of benzene rings is 2. The maximum atomic E-state index is 12.5. The number of thioether (sulfide) groups is 1. The maximum Gasteiger partial charge on any atom is 0.293 e. The van der Waals surface area contributed by atoms with Gasteiger partial charge in [0.25, 0.3) is 17.1 Å². The molecule has 0 radical (unpaired) electrons. The molecule has 29 heavy (non-hydrogen) atoms. The van der Waals surface area contributed by atoms with E-state index in [-0.39, 0.29) is 30.1 Å². The molecule has 1 aliphatic heterocycles. The van der Waals surface area contributed by atoms with Gasteiger partial charge in [-0.1, -0.05) is 30.3 Å². The van der Waals surface area contributed by atoms with Gasteiger partial charge < -0.3 is 14.8 Å². The third kappa shape index (κ3) is 4.78. The predicted molar refractivity (Wildman–Crippen MR) is 111 cm³/mol. The van der Waals surface area contributed by atoms with Crippen molar-refractivity contribution in [2.45, 2.75) is 0 Å². The summed E-state index contributed by atoms with van der Waals surface area (Å²) in [7, 11) is 2.98. The van der Waals surface area contributed by atoms with Crippen LogP contribution >= 0.6 is 11.8 Å². The molecule has 0 atom stereocenters. The highest BCUT2D eigenvalue weighted by Crippen LogP contribution is 2.31. The number of imide groups is 1. The van der Waals surface area contributed by atoms with E-state index in [1.54, 1.807) is 24.3 Å². The fraction of sp³-hybridized carbons (Fsp3) is 0.190. The van der Waals surface area contributed by atoms with E-state index in [9.17, 15) is 14.4 Å². The van der Waals surface area contributed by atoms with Crippen LogP contribution in [-0.2, 0) is 4.79 Å². The van der Waals surface area contributed by atoms with Gasteiger partial charge in [-0.3, -0.25) is 19.3 Å². The molecule has 3 rings (SSSR count). The molecular formula is C21H20N2O5S. The smallest absolute Gasteiger partial charge is 0.293 e. The second-order valence-electron chi connectivity index (χ2n) is 6.07. The lowest BCUT2D eigenvalue weighted by Gasteiger charge is -2.14. The molecule has 1 heterocycles. The van der Waals surface area contributed by atoms with Crippen LogP contribution in [0.15, 0.2) is 53.4 Å². The number of nitrogens with one attached hydrogen (secondary N) is 1. The van der Waals surface area contributed by atoms with E-state index in [0.29, 0.717) is 22.0 Å². The summed E-state index contributed by atoms with van der Waals surface area (Å²) >= 11 is 0.892. The van der Waals surface area contributed by atoms with Gasteiger partial charge in [0.05, 0.1) is 24.7 Å². The minimum Gasteiger partial charge on any atom is -0.497 e. The number of hydrogen-bond acceptors (Lipinski definition) is 6. The molecule has 0 aliphatic carbocycles. The van der Waals surface area contributed by atoms with Crippen LogP contribution in [0.1, 0.15) is 15.9 Å². The van der Waals surface area contributed by atoms with Gasteiger partial charge in [-0.25, -0.2) is 0 Å². The Morgan fingerprint density at radius 1 is 1.10 bits per heavy atom. The van der Waals surface area contributed by atoms with Crippen molar-refractivity contribution >= 4 is 34.9 Å². The molecule has 7 nitrogen and oxygen atoms in total. The number of rotatable bonds is 7. The molecule has 1 aliphatic rings. The lowest BCUT2D eigenvalue weighted by Crippen LogP contribution is -2.37. The van der Waals surface area contributed by atoms with Crippen LogP contribution in [0.5, 0.6) is 11.5 Å². The molecule has 0 aromatic heterocycles. The second kappa shape index (κ2) is 9.29. The fourth-order valence-corrected chi connectivity index (χ4v) is 3.63. The normalized spacial score (nSPS) is 15.0. The van der Waals surface area contributed by atoms with Gasteiger partial charge in [-0.15, -0.1) is 0 Å². The summed E-state index contributed by atoms with van der Waals surface area (Å²) in [6.07, 6.45) is 1.69. The van der Waals surface area contributed by atoms with E-state index in [1.165, 1.54) is 14.2 Å². The first kappa shape index (κ1) is 20.5. The molecule has 0 unspecified atom stereocenters. The molecule has 8 heteroatoms. The quantitative estimate of drug-likeness (QED) is 0.703. The topological polar surface area (TPSA) is 84.9 Å². The Morgan fingerprint density at radius 2 is 1.86 bits per heavy atom. The number of carbonyl (C=O) groups is 3. The zero-order chi connectivity index (χ0) is 20.8. The van der Waals surface area contributed by atoms with Gasteiger partial charge in [-0.2, -0.15) is 0 Å². The first-order chi connectivity index (χ1) is 14.0. The summed E-state index contributed by atoms with van der Waals surface area (Å²) in [6, 6.07) is 14.2. The summed E-state index contributed by atoms with van der Waals surface area (Å²) in [4.78, 5) is 38.7. The highest BCUT2D eigenvalue weighted by molar-refractivity contribution is 8.18. The number of methoxy groups -OCH3 is 2. The van der Waals surface area contributed by atoms with E-state index < -0.39 is 0 Å². The number of carbonyl (C=O) groups excluding carboxylic acids is 3. The molecule has 2 aromatic rings. The minimum atomic E-state index is -0.382. The standard InChI is InChI=1S/C21H20N2O5S/c1-27-15-8-9-17(28-2)16(13-15)19(24)22-10-11-23-20(25)18(29-21(23)26)12-14-6-4-3-5-7-14/h3-9,12-13H,10-11H2,1-2H3,(H,22,24)/b18-12-. The van der Waals surface area contributed by atoms with Crippen LogP contribution in [-0.4, -0.2) is 49.3 Å². The molecule has 2 aromatic carbocycles. The van der Waals surface area contributed by atoms with Crippen molar-refractivity contribution in [1.82, 2.24) is 10.2 Å². The van der Waals surface area contributed by atoms with Crippen LogP contribution in [0.3, 0.4) is 0 Å². The summed E-state index contributed by atoms with van der Waals surface area (Å²) < 4.78 is 10.3. The highest BCUT2D eigenvalue weighted by Gasteiger charge is 2.34. The Kier molecular flexibility index (Phi) is 6.56. The van der Waals surface area contributed by atoms with Gasteiger partial charge in [0.15, 0.2) is 0 Å². The Bertz CT molecular complexity index is 959. The molecule has 1 saturated heterocycles. The van der Waals surface area contributed by atoms with Crippen LogP contribution in [0.25, 0.3) is 6.08 Å². The molecule has 3 amide bonds. The molecule has 0 spiro atoms. The Hall–Kier alpha value is -3.26. The SMILES string of the molecule is COc1ccc(OC)c(C(=O)NCCN2C(=O)S/C(=C\c3ccccc3)C2=O)c1. The summed E-state index contributed by atoms with van der Waals surface area (Å²) in [5, 5.41) is 2.35. The van der Waals surface area contributed by atoms with Crippen LogP contribution in [0, 0.1) is 0 Å². The number of nitrogens with zero attached hydrogens (tertiary/aromatic N) is 1. The lowest BCUT2D eigenvalue weighted by molar-refractivity contribution is -0.122. The number of amides is 3. The van der Waals surface area contributed by atoms with Crippen molar-refractivity contribution < 1.29 is 23.9 Å². The zero-order valence-electron chi connectivity index (χ0n) is 16.0. The molecular weight excluding hydrogens is 392 g/mol. The minimum absolute atomic E-state index is 0.0782. The van der Waals surface area contributed by atoms with Gasteiger partial charge in [-0.05, 0) is 41.6 Å². The number of ether oxygens (including phenoxy) is 2. The average molecular weight is 412 g/mol. The van der Waals surface area contributed by atoms with Crippen LogP contribution in [0.4, 0.5) is 4.79 Å². The van der Waals surface area contributed by atoms with Crippen LogP contribution in [0.2, 0.25) is 0 Å². The Balaban J connectivity index is 1.62.